The number of benzene rings is 3. The number of thiophene rings is 1. The number of nitrogens with zero attached hydrogens (tertiary/aromatic N) is 4. The van der Waals surface area contributed by atoms with E-state index in [0.717, 1.165) is 44.7 Å². The van der Waals surface area contributed by atoms with Gasteiger partial charge >= 0.3 is 17.8 Å². The maximum Gasteiger partial charge on any atom is 0.409 e. The third-order valence-corrected chi connectivity index (χ3v) is 9.61. The molecule has 3 heterocycles. The summed E-state index contributed by atoms with van der Waals surface area (Å²) in [4.78, 5) is 57.0. The fraction of sp³-hybridized carbons (Fsp3) is 0.257. The molecule has 0 aliphatic carbocycles. The number of ether oxygens (including phenoxy) is 1. The highest BCUT2D eigenvalue weighted by Gasteiger charge is 2.27. The van der Waals surface area contributed by atoms with Gasteiger partial charge in [0.25, 0.3) is 5.56 Å². The summed E-state index contributed by atoms with van der Waals surface area (Å²) in [7, 11) is 1.82. The number of amides is 3. The first-order valence-corrected chi connectivity index (χ1v) is 16.6. The number of hydrogen-bond donors (Lipinski definition) is 2. The predicted octanol–water partition coefficient (Wildman–Crippen LogP) is 5.37. The molecule has 0 spiro atoms. The van der Waals surface area contributed by atoms with E-state index in [-0.39, 0.29) is 34.0 Å². The molecule has 3 aromatic carbocycles. The second kappa shape index (κ2) is 14.6. The van der Waals surface area contributed by atoms with Gasteiger partial charge in [0.1, 0.15) is 28.9 Å². The van der Waals surface area contributed by atoms with Crippen molar-refractivity contribution >= 4 is 39.4 Å². The molecule has 5 aromatic rings. The van der Waals surface area contributed by atoms with Crippen LogP contribution in [-0.4, -0.2) is 70.9 Å². The van der Waals surface area contributed by atoms with E-state index in [1.807, 2.05) is 11.9 Å². The van der Waals surface area contributed by atoms with E-state index in [2.05, 4.69) is 10.6 Å². The number of nitrogens with one attached hydrogen (secondary N) is 2. The molecule has 2 aromatic heterocycles. The van der Waals surface area contributed by atoms with Crippen LogP contribution in [-0.2, 0) is 17.8 Å². The normalized spacial score (nSPS) is 12.9. The number of anilines is 1. The Hall–Kier alpha value is -5.41. The molecule has 0 unspecified atom stereocenters. The molecule has 1 aliphatic rings. The fourth-order valence-electron chi connectivity index (χ4n) is 5.76. The molecule has 1 aliphatic heterocycles. The van der Waals surface area contributed by atoms with Crippen molar-refractivity contribution in [3.8, 4) is 16.1 Å². The van der Waals surface area contributed by atoms with Crippen LogP contribution < -0.4 is 21.9 Å². The van der Waals surface area contributed by atoms with Gasteiger partial charge in [-0.3, -0.25) is 9.36 Å². The van der Waals surface area contributed by atoms with Gasteiger partial charge in [-0.25, -0.2) is 32.1 Å². The Morgan fingerprint density at radius 2 is 1.66 bits per heavy atom. The highest BCUT2D eigenvalue weighted by Crippen LogP contribution is 2.38. The molecule has 11 nitrogen and oxygen atoms in total. The third-order valence-electron chi connectivity index (χ3n) is 8.30. The summed E-state index contributed by atoms with van der Waals surface area (Å²) in [6, 6.07) is 14.7. The topological polar surface area (TPSA) is 118 Å². The predicted molar refractivity (Wildman–Crippen MR) is 184 cm³/mol. The number of rotatable bonds is 11. The molecule has 0 radical (unpaired) electrons. The lowest BCUT2D eigenvalue weighted by atomic mass is 10.1. The van der Waals surface area contributed by atoms with Gasteiger partial charge < -0.3 is 25.2 Å². The SMILES string of the molecule is CCNC(=O)Nc1ccc(-c2sc3c(c2CN(C)CCN2CCOC2=O)c(=O)n(-c2ccc(F)cc2)c(=O)n3Cc2c(F)cccc2F)cc1. The summed E-state index contributed by atoms with van der Waals surface area (Å²) in [5.41, 5.74) is -0.141. The molecule has 0 saturated carbocycles. The fourth-order valence-corrected chi connectivity index (χ4v) is 7.06. The van der Waals surface area contributed by atoms with Gasteiger partial charge in [0.05, 0.1) is 24.2 Å². The van der Waals surface area contributed by atoms with Crippen LogP contribution in [0.25, 0.3) is 26.3 Å². The number of likely N-dealkylation sites (N-methyl/N-ethyl adjacent to an activating group) is 1. The lowest BCUT2D eigenvalue weighted by molar-refractivity contribution is 0.155. The molecular weight excluding hydrogens is 673 g/mol. The lowest BCUT2D eigenvalue weighted by Gasteiger charge is -2.21. The maximum atomic E-state index is 15.0. The molecule has 6 rings (SSSR count). The van der Waals surface area contributed by atoms with Crippen molar-refractivity contribution in [1.82, 2.24) is 24.3 Å². The first-order valence-electron chi connectivity index (χ1n) is 15.8. The average Bonchev–Trinajstić information content (AvgIpc) is 3.67. The van der Waals surface area contributed by atoms with Gasteiger partial charge in [0, 0.05) is 42.3 Å². The minimum atomic E-state index is -0.864. The van der Waals surface area contributed by atoms with E-state index < -0.39 is 41.3 Å². The number of hydrogen-bond acceptors (Lipinski definition) is 7. The van der Waals surface area contributed by atoms with Crippen molar-refractivity contribution in [2.45, 2.75) is 20.0 Å². The summed E-state index contributed by atoms with van der Waals surface area (Å²) in [6.07, 6.45) is -0.409. The largest absolute Gasteiger partial charge is 0.448 e. The molecule has 1 saturated heterocycles. The third kappa shape index (κ3) is 7.00. The molecule has 260 valence electrons. The van der Waals surface area contributed by atoms with Crippen molar-refractivity contribution in [2.24, 2.45) is 0 Å². The smallest absolute Gasteiger partial charge is 0.409 e. The van der Waals surface area contributed by atoms with E-state index in [1.54, 1.807) is 36.1 Å². The van der Waals surface area contributed by atoms with E-state index in [1.165, 1.54) is 18.2 Å². The quantitative estimate of drug-likeness (QED) is 0.191. The Labute approximate surface area is 288 Å². The van der Waals surface area contributed by atoms with Crippen LogP contribution >= 0.6 is 11.3 Å². The monoisotopic (exact) mass is 706 g/mol. The van der Waals surface area contributed by atoms with Crippen LogP contribution in [0, 0.1) is 17.5 Å². The summed E-state index contributed by atoms with van der Waals surface area (Å²) in [5.74, 6) is -2.31. The number of aromatic nitrogens is 2. The lowest BCUT2D eigenvalue weighted by Crippen LogP contribution is -2.39. The Kier molecular flexibility index (Phi) is 10.1. The zero-order valence-electron chi connectivity index (χ0n) is 27.2. The van der Waals surface area contributed by atoms with E-state index in [9.17, 15) is 23.6 Å². The molecule has 0 atom stereocenters. The van der Waals surface area contributed by atoms with Gasteiger partial charge in [-0.15, -0.1) is 11.3 Å². The maximum absolute atomic E-state index is 15.0. The summed E-state index contributed by atoms with van der Waals surface area (Å²) in [6.45, 7) is 3.42. The van der Waals surface area contributed by atoms with Crippen LogP contribution in [0.3, 0.4) is 0 Å². The highest BCUT2D eigenvalue weighted by molar-refractivity contribution is 7.22. The van der Waals surface area contributed by atoms with Crippen LogP contribution in [0.4, 0.5) is 28.4 Å². The molecule has 3 amide bonds. The van der Waals surface area contributed by atoms with Crippen molar-refractivity contribution in [3.05, 3.63) is 116 Å². The number of fused-ring (bicyclic) bond motifs is 1. The number of cyclic esters (lactones) is 1. The van der Waals surface area contributed by atoms with Gasteiger partial charge in [0.2, 0.25) is 0 Å². The number of halogens is 3. The Morgan fingerprint density at radius 1 is 0.960 bits per heavy atom. The van der Waals surface area contributed by atoms with E-state index in [0.29, 0.717) is 54.5 Å². The number of carbonyl (C=O) groups is 2. The molecule has 50 heavy (non-hydrogen) atoms. The second-order valence-corrected chi connectivity index (χ2v) is 12.7. The minimum absolute atomic E-state index is 0.0754. The Bertz CT molecular complexity index is 2160. The van der Waals surface area contributed by atoms with Gasteiger partial charge in [-0.1, -0.05) is 18.2 Å². The molecule has 0 bridgehead atoms. The molecule has 2 N–H and O–H groups in total. The average molecular weight is 707 g/mol. The van der Waals surface area contributed by atoms with Crippen molar-refractivity contribution < 1.29 is 27.5 Å². The van der Waals surface area contributed by atoms with Crippen LogP contribution in [0.5, 0.6) is 0 Å². The van der Waals surface area contributed by atoms with Crippen molar-refractivity contribution in [1.29, 1.82) is 0 Å². The van der Waals surface area contributed by atoms with Gasteiger partial charge in [-0.05, 0) is 73.6 Å². The summed E-state index contributed by atoms with van der Waals surface area (Å²) < 4.78 is 51.0. The summed E-state index contributed by atoms with van der Waals surface area (Å²) >= 11 is 1.12. The minimum Gasteiger partial charge on any atom is -0.448 e. The standard InChI is InChI=1S/C35H33F3N6O5S/c1-3-39-33(46)40-23-11-7-21(8-12-23)30-26(19-41(2)15-16-42-17-18-49-35(42)48)29-31(45)44(24-13-9-22(36)10-14-24)34(47)43(32(29)50-30)20-25-27(37)5-4-6-28(25)38/h4-14H,3,15-20H2,1-2H3,(H2,39,40,46). The number of urea groups is 1. The van der Waals surface area contributed by atoms with Crippen molar-refractivity contribution in [3.63, 3.8) is 0 Å². The van der Waals surface area contributed by atoms with Gasteiger partial charge in [0.15, 0.2) is 0 Å². The zero-order chi connectivity index (χ0) is 35.5. The first-order chi connectivity index (χ1) is 24.0. The molecule has 1 fully saturated rings. The van der Waals surface area contributed by atoms with Crippen molar-refractivity contribution in [2.75, 3.05) is 45.2 Å². The molecule has 15 heteroatoms. The highest BCUT2D eigenvalue weighted by atomic mass is 32.1. The number of carbonyl (C=O) groups excluding carboxylic acids is 2. The van der Waals surface area contributed by atoms with Crippen LogP contribution in [0.2, 0.25) is 0 Å². The van der Waals surface area contributed by atoms with E-state index >= 15 is 8.78 Å². The van der Waals surface area contributed by atoms with Crippen LogP contribution in [0.15, 0.2) is 76.3 Å². The Balaban J connectivity index is 1.55. The molecular formula is C35H33F3N6O5S. The summed E-state index contributed by atoms with van der Waals surface area (Å²) in [5, 5.41) is 5.54. The van der Waals surface area contributed by atoms with Gasteiger partial charge in [-0.2, -0.15) is 0 Å². The second-order valence-electron chi connectivity index (χ2n) is 11.7. The van der Waals surface area contributed by atoms with E-state index in [4.69, 9.17) is 4.74 Å². The zero-order valence-corrected chi connectivity index (χ0v) is 28.0. The first kappa shape index (κ1) is 34.5. The van der Waals surface area contributed by atoms with Crippen LogP contribution in [0.1, 0.15) is 18.1 Å². The Morgan fingerprint density at radius 3 is 2.30 bits per heavy atom.